The molecule has 0 fully saturated rings. The van der Waals surface area contributed by atoms with Crippen molar-refractivity contribution >= 4 is 6.09 Å². The van der Waals surface area contributed by atoms with Crippen molar-refractivity contribution in [2.24, 2.45) is 0 Å². The maximum Gasteiger partial charge on any atom is 0.412 e. The van der Waals surface area contributed by atoms with E-state index in [0.717, 1.165) is 0 Å². The summed E-state index contributed by atoms with van der Waals surface area (Å²) in [5.41, 5.74) is -0.832. The van der Waals surface area contributed by atoms with Crippen molar-refractivity contribution in [3.8, 4) is 0 Å². The van der Waals surface area contributed by atoms with E-state index in [2.05, 4.69) is 11.3 Å². The van der Waals surface area contributed by atoms with E-state index in [0.29, 0.717) is 6.08 Å². The van der Waals surface area contributed by atoms with Crippen LogP contribution in [0.5, 0.6) is 0 Å². The molecular weight excluding hydrogens is 211 g/mol. The average molecular weight is 225 g/mol. The molecule has 15 heavy (non-hydrogen) atoms. The van der Waals surface area contributed by atoms with Crippen LogP contribution in [0.2, 0.25) is 0 Å². The van der Waals surface area contributed by atoms with Crippen molar-refractivity contribution in [2.75, 3.05) is 0 Å². The fourth-order valence-corrected chi connectivity index (χ4v) is 0.709. The highest BCUT2D eigenvalue weighted by atomic mass is 19.4. The second-order valence-corrected chi connectivity index (χ2v) is 3.90. The van der Waals surface area contributed by atoms with Crippen LogP contribution in [0.25, 0.3) is 0 Å². The average Bonchev–Trinajstić information content (AvgIpc) is 1.94. The molecule has 1 unspecified atom stereocenters. The van der Waals surface area contributed by atoms with E-state index >= 15 is 0 Å². The molecule has 0 aromatic carbocycles. The van der Waals surface area contributed by atoms with Crippen LogP contribution in [0.3, 0.4) is 0 Å². The van der Waals surface area contributed by atoms with Gasteiger partial charge in [0, 0.05) is 0 Å². The Kier molecular flexibility index (Phi) is 4.18. The molecule has 0 saturated heterocycles. The lowest BCUT2D eigenvalue weighted by Crippen LogP contribution is -2.45. The van der Waals surface area contributed by atoms with E-state index in [-0.39, 0.29) is 0 Å². The van der Waals surface area contributed by atoms with Gasteiger partial charge in [-0.25, -0.2) is 4.79 Å². The fourth-order valence-electron chi connectivity index (χ4n) is 0.709. The molecule has 0 radical (unpaired) electrons. The lowest BCUT2D eigenvalue weighted by molar-refractivity contribution is -0.143. The standard InChI is InChI=1S/C9H14F3NO2/c1-5-6(9(10,11)12)13-7(14)15-8(2,3)4/h5-6H,1H2,2-4H3,(H,13,14). The highest BCUT2D eigenvalue weighted by Gasteiger charge is 2.39. The normalized spacial score (nSPS) is 14.3. The molecule has 6 heteroatoms. The molecule has 1 N–H and O–H groups in total. The van der Waals surface area contributed by atoms with Gasteiger partial charge in [-0.05, 0) is 20.8 Å². The molecular formula is C9H14F3NO2. The summed E-state index contributed by atoms with van der Waals surface area (Å²) in [6.45, 7) is 7.66. The molecule has 1 amide bonds. The summed E-state index contributed by atoms with van der Waals surface area (Å²) in [5.74, 6) is 0. The minimum absolute atomic E-state index is 0.601. The molecule has 0 heterocycles. The minimum Gasteiger partial charge on any atom is -0.444 e. The van der Waals surface area contributed by atoms with Crippen molar-refractivity contribution in [1.29, 1.82) is 0 Å². The van der Waals surface area contributed by atoms with Crippen molar-refractivity contribution in [1.82, 2.24) is 5.32 Å². The van der Waals surface area contributed by atoms with Crippen LogP contribution in [-0.4, -0.2) is 23.9 Å². The number of hydrogen-bond donors (Lipinski definition) is 1. The second-order valence-electron chi connectivity index (χ2n) is 3.90. The fraction of sp³-hybridized carbons (Fsp3) is 0.667. The minimum atomic E-state index is -4.56. The summed E-state index contributed by atoms with van der Waals surface area (Å²) in [7, 11) is 0. The third-order valence-electron chi connectivity index (χ3n) is 1.26. The Labute approximate surface area is 86.3 Å². The van der Waals surface area contributed by atoms with E-state index in [9.17, 15) is 18.0 Å². The van der Waals surface area contributed by atoms with Crippen LogP contribution in [-0.2, 0) is 4.74 Å². The van der Waals surface area contributed by atoms with Crippen molar-refractivity contribution in [3.05, 3.63) is 12.7 Å². The molecule has 0 aromatic rings. The maximum absolute atomic E-state index is 12.2. The monoisotopic (exact) mass is 225 g/mol. The Morgan fingerprint density at radius 3 is 2.13 bits per heavy atom. The first-order valence-corrected chi connectivity index (χ1v) is 4.25. The molecule has 0 aliphatic rings. The number of hydrogen-bond acceptors (Lipinski definition) is 2. The molecule has 0 saturated carbocycles. The number of carbonyl (C=O) groups is 1. The van der Waals surface area contributed by atoms with E-state index in [1.807, 2.05) is 0 Å². The topological polar surface area (TPSA) is 38.3 Å². The number of carbonyl (C=O) groups excluding carboxylic acids is 1. The largest absolute Gasteiger partial charge is 0.444 e. The number of alkyl carbamates (subject to hydrolysis) is 1. The zero-order chi connectivity index (χ0) is 12.3. The third-order valence-corrected chi connectivity index (χ3v) is 1.26. The number of rotatable bonds is 2. The van der Waals surface area contributed by atoms with E-state index < -0.39 is 23.9 Å². The first-order chi connectivity index (χ1) is 6.56. The van der Waals surface area contributed by atoms with Crippen LogP contribution >= 0.6 is 0 Å². The second kappa shape index (κ2) is 4.55. The smallest absolute Gasteiger partial charge is 0.412 e. The van der Waals surface area contributed by atoms with Gasteiger partial charge in [-0.15, -0.1) is 6.58 Å². The molecule has 0 aliphatic carbocycles. The zero-order valence-electron chi connectivity index (χ0n) is 8.81. The Morgan fingerprint density at radius 1 is 1.40 bits per heavy atom. The summed E-state index contributed by atoms with van der Waals surface area (Å²) >= 11 is 0. The number of nitrogens with one attached hydrogen (secondary N) is 1. The van der Waals surface area contributed by atoms with Gasteiger partial charge in [-0.1, -0.05) is 6.08 Å². The Morgan fingerprint density at radius 2 is 1.87 bits per heavy atom. The van der Waals surface area contributed by atoms with E-state index in [1.165, 1.54) is 0 Å². The van der Waals surface area contributed by atoms with Crippen molar-refractivity contribution < 1.29 is 22.7 Å². The van der Waals surface area contributed by atoms with Crippen LogP contribution in [0, 0.1) is 0 Å². The van der Waals surface area contributed by atoms with Crippen LogP contribution in [0.15, 0.2) is 12.7 Å². The van der Waals surface area contributed by atoms with Gasteiger partial charge in [0.05, 0.1) is 0 Å². The van der Waals surface area contributed by atoms with Gasteiger partial charge in [0.15, 0.2) is 0 Å². The summed E-state index contributed by atoms with van der Waals surface area (Å²) in [5, 5.41) is 1.66. The zero-order valence-corrected chi connectivity index (χ0v) is 8.81. The SMILES string of the molecule is C=CC(NC(=O)OC(C)(C)C)C(F)(F)F. The van der Waals surface area contributed by atoms with Gasteiger partial charge in [-0.3, -0.25) is 0 Å². The van der Waals surface area contributed by atoms with E-state index in [1.54, 1.807) is 26.1 Å². The first-order valence-electron chi connectivity index (χ1n) is 4.25. The third kappa shape index (κ3) is 5.98. The maximum atomic E-state index is 12.2. The van der Waals surface area contributed by atoms with Crippen LogP contribution in [0.1, 0.15) is 20.8 Å². The quantitative estimate of drug-likeness (QED) is 0.733. The first kappa shape index (κ1) is 13.8. The van der Waals surface area contributed by atoms with E-state index in [4.69, 9.17) is 0 Å². The predicted molar refractivity (Wildman–Crippen MR) is 49.4 cm³/mol. The molecule has 0 aromatic heterocycles. The summed E-state index contributed by atoms with van der Waals surface area (Å²) in [6, 6.07) is -2.09. The van der Waals surface area contributed by atoms with Gasteiger partial charge in [-0.2, -0.15) is 13.2 Å². The summed E-state index contributed by atoms with van der Waals surface area (Å²) in [4.78, 5) is 11.0. The predicted octanol–water partition coefficient (Wildman–Crippen LogP) is 2.63. The lowest BCUT2D eigenvalue weighted by Gasteiger charge is -2.23. The highest BCUT2D eigenvalue weighted by molar-refractivity contribution is 5.68. The van der Waals surface area contributed by atoms with Gasteiger partial charge in [0.1, 0.15) is 11.6 Å². The number of halogens is 3. The van der Waals surface area contributed by atoms with Gasteiger partial charge in [0.2, 0.25) is 0 Å². The number of alkyl halides is 3. The molecule has 3 nitrogen and oxygen atoms in total. The summed E-state index contributed by atoms with van der Waals surface area (Å²) < 4.78 is 41.2. The van der Waals surface area contributed by atoms with Crippen molar-refractivity contribution in [2.45, 2.75) is 38.6 Å². The van der Waals surface area contributed by atoms with Gasteiger partial charge in [0.25, 0.3) is 0 Å². The molecule has 0 bridgehead atoms. The molecule has 88 valence electrons. The molecule has 0 aliphatic heterocycles. The highest BCUT2D eigenvalue weighted by Crippen LogP contribution is 2.21. The summed E-state index contributed by atoms with van der Waals surface area (Å²) in [6.07, 6.45) is -5.08. The Balaban J connectivity index is 4.33. The van der Waals surface area contributed by atoms with Crippen LogP contribution in [0.4, 0.5) is 18.0 Å². The van der Waals surface area contributed by atoms with Crippen molar-refractivity contribution in [3.63, 3.8) is 0 Å². The molecule has 0 rings (SSSR count). The van der Waals surface area contributed by atoms with Gasteiger partial charge < -0.3 is 10.1 Å². The van der Waals surface area contributed by atoms with Gasteiger partial charge >= 0.3 is 12.3 Å². The number of amides is 1. The Hall–Kier alpha value is -1.20. The lowest BCUT2D eigenvalue weighted by atomic mass is 10.2. The van der Waals surface area contributed by atoms with Crippen LogP contribution < -0.4 is 5.32 Å². The number of ether oxygens (including phenoxy) is 1. The molecule has 0 spiro atoms. The molecule has 1 atom stereocenters. The Bertz CT molecular complexity index is 243.